The molecule has 0 amide bonds. The van der Waals surface area contributed by atoms with Crippen LogP contribution in [0.1, 0.15) is 11.1 Å². The van der Waals surface area contributed by atoms with E-state index in [1.165, 1.54) is 6.07 Å². The van der Waals surface area contributed by atoms with Crippen LogP contribution in [0.15, 0.2) is 53.5 Å². The van der Waals surface area contributed by atoms with Crippen LogP contribution in [0.4, 0.5) is 10.1 Å². The summed E-state index contributed by atoms with van der Waals surface area (Å²) in [5, 5.41) is 0. The Balaban J connectivity index is 2.06. The van der Waals surface area contributed by atoms with Crippen molar-refractivity contribution in [3.8, 4) is 0 Å². The van der Waals surface area contributed by atoms with E-state index in [2.05, 4.69) is 4.99 Å². The number of fused-ring (bicyclic) bond motifs is 1. The predicted octanol–water partition coefficient (Wildman–Crippen LogP) is 3.50. The monoisotopic (exact) mass is 211 g/mol. The first kappa shape index (κ1) is 9.28. The Morgan fingerprint density at radius 1 is 0.938 bits per heavy atom. The second-order valence-corrected chi connectivity index (χ2v) is 3.85. The van der Waals surface area contributed by atoms with Crippen molar-refractivity contribution < 1.29 is 4.39 Å². The van der Waals surface area contributed by atoms with Gasteiger partial charge in [0.05, 0.1) is 5.71 Å². The van der Waals surface area contributed by atoms with Gasteiger partial charge in [0.25, 0.3) is 0 Å². The predicted molar refractivity (Wildman–Crippen MR) is 62.7 cm³/mol. The van der Waals surface area contributed by atoms with Crippen LogP contribution < -0.4 is 0 Å². The van der Waals surface area contributed by atoms with Crippen LogP contribution in [0.25, 0.3) is 0 Å². The standard InChI is InChI=1S/C14H10FN/c15-12-8-4-7-11-9-13(16-14(11)12)10-5-2-1-3-6-10/h1-8H,9H2. The molecule has 0 spiro atoms. The molecule has 0 unspecified atom stereocenters. The highest BCUT2D eigenvalue weighted by Crippen LogP contribution is 2.31. The Kier molecular flexibility index (Phi) is 2.07. The molecule has 0 bridgehead atoms. The Morgan fingerprint density at radius 3 is 2.50 bits per heavy atom. The van der Waals surface area contributed by atoms with Crippen LogP contribution in [0, 0.1) is 5.82 Å². The van der Waals surface area contributed by atoms with Crippen molar-refractivity contribution in [2.45, 2.75) is 6.42 Å². The van der Waals surface area contributed by atoms with Gasteiger partial charge in [-0.2, -0.15) is 0 Å². The fourth-order valence-corrected chi connectivity index (χ4v) is 1.98. The van der Waals surface area contributed by atoms with Crippen molar-refractivity contribution in [1.82, 2.24) is 0 Å². The molecule has 1 aliphatic rings. The molecule has 0 N–H and O–H groups in total. The summed E-state index contributed by atoms with van der Waals surface area (Å²) in [5.41, 5.74) is 3.49. The van der Waals surface area contributed by atoms with Crippen molar-refractivity contribution in [1.29, 1.82) is 0 Å². The zero-order valence-corrected chi connectivity index (χ0v) is 8.65. The van der Waals surface area contributed by atoms with Crippen molar-refractivity contribution in [3.05, 3.63) is 65.5 Å². The maximum atomic E-state index is 13.5. The molecule has 1 heterocycles. The largest absolute Gasteiger partial charge is 0.249 e. The maximum absolute atomic E-state index is 13.5. The van der Waals surface area contributed by atoms with E-state index in [-0.39, 0.29) is 5.82 Å². The third kappa shape index (κ3) is 1.43. The molecular weight excluding hydrogens is 201 g/mol. The fourth-order valence-electron chi connectivity index (χ4n) is 1.98. The Morgan fingerprint density at radius 2 is 1.75 bits per heavy atom. The molecule has 78 valence electrons. The molecule has 0 radical (unpaired) electrons. The molecule has 0 atom stereocenters. The third-order valence-electron chi connectivity index (χ3n) is 2.78. The van der Waals surface area contributed by atoms with Crippen molar-refractivity contribution in [2.24, 2.45) is 4.99 Å². The highest BCUT2D eigenvalue weighted by Gasteiger charge is 2.18. The number of aliphatic imine (C=N–C) groups is 1. The number of rotatable bonds is 1. The molecule has 2 aromatic carbocycles. The topological polar surface area (TPSA) is 12.4 Å². The van der Waals surface area contributed by atoms with Crippen LogP contribution in [0.3, 0.4) is 0 Å². The number of para-hydroxylation sites is 1. The van der Waals surface area contributed by atoms with Crippen molar-refractivity contribution >= 4 is 11.4 Å². The quantitative estimate of drug-likeness (QED) is 0.684. The average Bonchev–Trinajstić information content (AvgIpc) is 2.76. The van der Waals surface area contributed by atoms with Crippen LogP contribution in [0.5, 0.6) is 0 Å². The summed E-state index contributed by atoms with van der Waals surface area (Å²) in [6.07, 6.45) is 0.719. The van der Waals surface area contributed by atoms with Gasteiger partial charge in [0, 0.05) is 6.42 Å². The molecule has 0 aromatic heterocycles. The molecule has 2 heteroatoms. The van der Waals surface area contributed by atoms with Gasteiger partial charge in [0.2, 0.25) is 0 Å². The number of hydrogen-bond donors (Lipinski definition) is 0. The molecule has 0 saturated carbocycles. The first-order chi connectivity index (χ1) is 7.84. The van der Waals surface area contributed by atoms with Gasteiger partial charge in [-0.05, 0) is 17.2 Å². The van der Waals surface area contributed by atoms with Gasteiger partial charge in [-0.25, -0.2) is 9.38 Å². The highest BCUT2D eigenvalue weighted by molar-refractivity contribution is 6.06. The van der Waals surface area contributed by atoms with E-state index in [1.807, 2.05) is 36.4 Å². The van der Waals surface area contributed by atoms with E-state index < -0.39 is 0 Å². The molecule has 1 nitrogen and oxygen atoms in total. The molecule has 16 heavy (non-hydrogen) atoms. The minimum atomic E-state index is -0.233. The van der Waals surface area contributed by atoms with Gasteiger partial charge in [0.1, 0.15) is 11.5 Å². The first-order valence-electron chi connectivity index (χ1n) is 5.25. The van der Waals surface area contributed by atoms with Gasteiger partial charge in [-0.1, -0.05) is 42.5 Å². The average molecular weight is 211 g/mol. The highest BCUT2D eigenvalue weighted by atomic mass is 19.1. The third-order valence-corrected chi connectivity index (χ3v) is 2.78. The SMILES string of the molecule is Fc1cccc2c1N=C(c1ccccc1)C2. The fraction of sp³-hybridized carbons (Fsp3) is 0.0714. The van der Waals surface area contributed by atoms with Gasteiger partial charge in [-0.15, -0.1) is 0 Å². The maximum Gasteiger partial charge on any atom is 0.149 e. The second kappa shape index (κ2) is 3.56. The Bertz CT molecular complexity index is 558. The molecule has 2 aromatic rings. The van der Waals surface area contributed by atoms with Crippen molar-refractivity contribution in [3.63, 3.8) is 0 Å². The smallest absolute Gasteiger partial charge is 0.149 e. The van der Waals surface area contributed by atoms with Crippen LogP contribution >= 0.6 is 0 Å². The van der Waals surface area contributed by atoms with E-state index in [4.69, 9.17) is 0 Å². The first-order valence-corrected chi connectivity index (χ1v) is 5.25. The van der Waals surface area contributed by atoms with Gasteiger partial charge in [-0.3, -0.25) is 0 Å². The summed E-state index contributed by atoms with van der Waals surface area (Å²) >= 11 is 0. The summed E-state index contributed by atoms with van der Waals surface area (Å²) < 4.78 is 13.5. The number of hydrogen-bond acceptors (Lipinski definition) is 1. The Hall–Kier alpha value is -1.96. The number of benzene rings is 2. The summed E-state index contributed by atoms with van der Waals surface area (Å²) in [4.78, 5) is 4.36. The van der Waals surface area contributed by atoms with Crippen molar-refractivity contribution in [2.75, 3.05) is 0 Å². The summed E-state index contributed by atoms with van der Waals surface area (Å²) in [6, 6.07) is 15.0. The minimum Gasteiger partial charge on any atom is -0.249 e. The van der Waals surface area contributed by atoms with Gasteiger partial charge in [0.15, 0.2) is 0 Å². The lowest BCUT2D eigenvalue weighted by Crippen LogP contribution is -1.99. The van der Waals surface area contributed by atoms with E-state index in [1.54, 1.807) is 6.07 Å². The van der Waals surface area contributed by atoms with Crippen LogP contribution in [0.2, 0.25) is 0 Å². The van der Waals surface area contributed by atoms with E-state index in [9.17, 15) is 4.39 Å². The summed E-state index contributed by atoms with van der Waals surface area (Å²) in [7, 11) is 0. The molecule has 0 fully saturated rings. The van der Waals surface area contributed by atoms with E-state index in [0.29, 0.717) is 5.69 Å². The number of nitrogens with zero attached hydrogens (tertiary/aromatic N) is 1. The lowest BCUT2D eigenvalue weighted by molar-refractivity contribution is 0.629. The number of halogens is 1. The molecule has 0 aliphatic carbocycles. The summed E-state index contributed by atoms with van der Waals surface area (Å²) in [6.45, 7) is 0. The normalized spacial score (nSPS) is 13.4. The minimum absolute atomic E-state index is 0.233. The molecule has 1 aliphatic heterocycles. The second-order valence-electron chi connectivity index (χ2n) is 3.85. The van der Waals surface area contributed by atoms with E-state index in [0.717, 1.165) is 23.3 Å². The summed E-state index contributed by atoms with van der Waals surface area (Å²) in [5.74, 6) is -0.233. The van der Waals surface area contributed by atoms with Crippen LogP contribution in [-0.4, -0.2) is 5.71 Å². The lowest BCUT2D eigenvalue weighted by atomic mass is 10.0. The lowest BCUT2D eigenvalue weighted by Gasteiger charge is -1.98. The van der Waals surface area contributed by atoms with Gasteiger partial charge >= 0.3 is 0 Å². The van der Waals surface area contributed by atoms with Crippen LogP contribution in [-0.2, 0) is 6.42 Å². The Labute approximate surface area is 93.3 Å². The zero-order chi connectivity index (χ0) is 11.0. The van der Waals surface area contributed by atoms with E-state index >= 15 is 0 Å². The zero-order valence-electron chi connectivity index (χ0n) is 8.65. The molecular formula is C14H10FN. The molecule has 3 rings (SSSR count). The van der Waals surface area contributed by atoms with Gasteiger partial charge < -0.3 is 0 Å². The molecule has 0 saturated heterocycles.